The van der Waals surface area contributed by atoms with E-state index in [9.17, 15) is 8.42 Å². The number of guanidine groups is 1. The second-order valence-corrected chi connectivity index (χ2v) is 8.32. The average molecular weight is 543 g/mol. The molecule has 0 atom stereocenters. The van der Waals surface area contributed by atoms with Crippen LogP contribution in [0, 0.1) is 0 Å². The maximum absolute atomic E-state index is 11.0. The summed E-state index contributed by atoms with van der Waals surface area (Å²) < 4.78 is 38.6. The van der Waals surface area contributed by atoms with E-state index in [1.165, 1.54) is 6.26 Å². The Morgan fingerprint density at radius 3 is 2.31 bits per heavy atom. The fraction of sp³-hybridized carbons (Fsp3) is 0.632. The van der Waals surface area contributed by atoms with Crippen molar-refractivity contribution in [3.63, 3.8) is 0 Å². The van der Waals surface area contributed by atoms with Crippen LogP contribution >= 0.6 is 24.0 Å². The van der Waals surface area contributed by atoms with E-state index in [4.69, 9.17) is 14.2 Å². The molecule has 2 N–H and O–H groups in total. The molecule has 0 bridgehead atoms. The van der Waals surface area contributed by atoms with Gasteiger partial charge in [0.2, 0.25) is 0 Å². The van der Waals surface area contributed by atoms with Crippen LogP contribution in [-0.2, 0) is 21.0 Å². The highest BCUT2D eigenvalue weighted by atomic mass is 127. The number of halogens is 1. The van der Waals surface area contributed by atoms with Gasteiger partial charge in [-0.3, -0.25) is 4.99 Å². The van der Waals surface area contributed by atoms with E-state index in [1.807, 2.05) is 32.0 Å². The summed E-state index contributed by atoms with van der Waals surface area (Å²) in [5, 5.41) is 6.37. The van der Waals surface area contributed by atoms with E-state index in [1.54, 1.807) is 7.05 Å². The molecule has 0 amide bonds. The predicted molar refractivity (Wildman–Crippen MR) is 128 cm³/mol. The van der Waals surface area contributed by atoms with Crippen molar-refractivity contribution < 1.29 is 22.6 Å². The van der Waals surface area contributed by atoms with Gasteiger partial charge in [-0.25, -0.2) is 8.42 Å². The van der Waals surface area contributed by atoms with Gasteiger partial charge in [0.1, 0.15) is 9.84 Å². The number of hydrogen-bond acceptors (Lipinski definition) is 6. The van der Waals surface area contributed by atoms with Gasteiger partial charge in [0.25, 0.3) is 0 Å². The molecule has 0 aliphatic carbocycles. The van der Waals surface area contributed by atoms with Gasteiger partial charge in [-0.2, -0.15) is 0 Å². The Bertz CT molecular complexity index is 714. The lowest BCUT2D eigenvalue weighted by Gasteiger charge is -2.14. The molecular weight excluding hydrogens is 509 g/mol. The third-order valence-corrected chi connectivity index (χ3v) is 4.58. The van der Waals surface area contributed by atoms with Crippen molar-refractivity contribution in [2.24, 2.45) is 4.99 Å². The summed E-state index contributed by atoms with van der Waals surface area (Å²) in [5.41, 5.74) is 1.14. The molecule has 1 aromatic rings. The van der Waals surface area contributed by atoms with Crippen LogP contribution in [0.1, 0.15) is 19.4 Å². The molecule has 0 saturated carbocycles. The van der Waals surface area contributed by atoms with Crippen LogP contribution in [0.4, 0.5) is 0 Å². The van der Waals surface area contributed by atoms with Gasteiger partial charge in [-0.1, -0.05) is 6.07 Å². The minimum Gasteiger partial charge on any atom is -0.490 e. The number of hydrogen-bond donors (Lipinski definition) is 2. The number of sulfone groups is 1. The van der Waals surface area contributed by atoms with Crippen LogP contribution < -0.4 is 20.1 Å². The summed E-state index contributed by atoms with van der Waals surface area (Å²) in [4.78, 5) is 4.16. The van der Waals surface area contributed by atoms with Crippen LogP contribution in [0.2, 0.25) is 0 Å². The lowest BCUT2D eigenvalue weighted by atomic mass is 10.1. The van der Waals surface area contributed by atoms with Gasteiger partial charge >= 0.3 is 0 Å². The highest BCUT2D eigenvalue weighted by Gasteiger charge is 2.06. The van der Waals surface area contributed by atoms with Crippen LogP contribution in [0.15, 0.2) is 23.2 Å². The largest absolute Gasteiger partial charge is 0.490 e. The van der Waals surface area contributed by atoms with Gasteiger partial charge in [0, 0.05) is 26.4 Å². The maximum atomic E-state index is 11.0. The Balaban J connectivity index is 0.00000784. The predicted octanol–water partition coefficient (Wildman–Crippen LogP) is 1.87. The van der Waals surface area contributed by atoms with Crippen molar-refractivity contribution in [3.8, 4) is 11.5 Å². The second kappa shape index (κ2) is 15.6. The standard InChI is InChI=1S/C19H33N3O5S.HI/c1-5-26-17-8-7-16(15-18(17)27-6-2)9-10-21-19(20-3)22-11-12-25-13-14-28(4,23)24;/h7-8,15H,5-6,9-14H2,1-4H3,(H2,20,21,22);1H. The summed E-state index contributed by atoms with van der Waals surface area (Å²) in [6.07, 6.45) is 2.00. The topological polar surface area (TPSA) is 98.2 Å². The van der Waals surface area contributed by atoms with Crippen molar-refractivity contribution in [1.29, 1.82) is 0 Å². The lowest BCUT2D eigenvalue weighted by molar-refractivity contribution is 0.154. The maximum Gasteiger partial charge on any atom is 0.191 e. The molecular formula is C19H34IN3O5S. The van der Waals surface area contributed by atoms with Crippen LogP contribution in [0.25, 0.3) is 0 Å². The van der Waals surface area contributed by atoms with Crippen molar-refractivity contribution in [1.82, 2.24) is 10.6 Å². The van der Waals surface area contributed by atoms with Crippen molar-refractivity contribution >= 4 is 39.8 Å². The normalized spacial score (nSPS) is 11.5. The Morgan fingerprint density at radius 2 is 1.69 bits per heavy atom. The van der Waals surface area contributed by atoms with Gasteiger partial charge in [0.15, 0.2) is 17.5 Å². The summed E-state index contributed by atoms with van der Waals surface area (Å²) in [6.45, 7) is 6.94. The number of aliphatic imine (C=N–C) groups is 1. The molecule has 0 fully saturated rings. The summed E-state index contributed by atoms with van der Waals surface area (Å²) in [5.74, 6) is 2.22. The molecule has 1 rings (SSSR count). The number of nitrogens with one attached hydrogen (secondary N) is 2. The lowest BCUT2D eigenvalue weighted by Crippen LogP contribution is -2.39. The Hall–Kier alpha value is -1.27. The van der Waals surface area contributed by atoms with Crippen LogP contribution in [0.5, 0.6) is 11.5 Å². The second-order valence-electron chi connectivity index (χ2n) is 6.07. The fourth-order valence-corrected chi connectivity index (χ4v) is 2.77. The smallest absolute Gasteiger partial charge is 0.191 e. The molecule has 0 aromatic heterocycles. The molecule has 1 aromatic carbocycles. The zero-order valence-corrected chi connectivity index (χ0v) is 20.8. The van der Waals surface area contributed by atoms with Crippen molar-refractivity contribution in [2.75, 3.05) is 58.6 Å². The molecule has 0 aliphatic rings. The third kappa shape index (κ3) is 12.8. The van der Waals surface area contributed by atoms with Gasteiger partial charge < -0.3 is 24.8 Å². The highest BCUT2D eigenvalue weighted by Crippen LogP contribution is 2.28. The highest BCUT2D eigenvalue weighted by molar-refractivity contribution is 14.0. The Labute approximate surface area is 191 Å². The first-order chi connectivity index (χ1) is 13.4. The number of benzene rings is 1. The monoisotopic (exact) mass is 543 g/mol. The summed E-state index contributed by atoms with van der Waals surface area (Å²) >= 11 is 0. The molecule has 0 unspecified atom stereocenters. The number of ether oxygens (including phenoxy) is 3. The molecule has 0 radical (unpaired) electrons. The van der Waals surface area contributed by atoms with Gasteiger partial charge in [0.05, 0.1) is 32.2 Å². The Kier molecular flexibility index (Phi) is 14.9. The Morgan fingerprint density at radius 1 is 1.03 bits per heavy atom. The average Bonchev–Trinajstić information content (AvgIpc) is 2.64. The quantitative estimate of drug-likeness (QED) is 0.170. The van der Waals surface area contributed by atoms with E-state index in [0.717, 1.165) is 23.5 Å². The third-order valence-electron chi connectivity index (χ3n) is 3.67. The van der Waals surface area contributed by atoms with E-state index in [0.29, 0.717) is 38.9 Å². The molecule has 10 heteroatoms. The van der Waals surface area contributed by atoms with Gasteiger partial charge in [-0.05, 0) is 38.0 Å². The molecule has 0 spiro atoms. The van der Waals surface area contributed by atoms with E-state index >= 15 is 0 Å². The minimum absolute atomic E-state index is 0. The van der Waals surface area contributed by atoms with E-state index < -0.39 is 9.84 Å². The first-order valence-corrected chi connectivity index (χ1v) is 11.5. The zero-order chi connectivity index (χ0) is 20.8. The zero-order valence-electron chi connectivity index (χ0n) is 17.7. The summed E-state index contributed by atoms with van der Waals surface area (Å²) in [6, 6.07) is 5.97. The molecule has 168 valence electrons. The van der Waals surface area contributed by atoms with Crippen LogP contribution in [0.3, 0.4) is 0 Å². The first-order valence-electron chi connectivity index (χ1n) is 9.48. The molecule has 29 heavy (non-hydrogen) atoms. The number of rotatable bonds is 13. The van der Waals surface area contributed by atoms with Crippen molar-refractivity contribution in [2.45, 2.75) is 20.3 Å². The fourth-order valence-electron chi connectivity index (χ4n) is 2.35. The first kappa shape index (κ1) is 27.7. The molecule has 0 heterocycles. The number of nitrogens with zero attached hydrogens (tertiary/aromatic N) is 1. The molecule has 8 nitrogen and oxygen atoms in total. The van der Waals surface area contributed by atoms with Crippen LogP contribution in [-0.4, -0.2) is 73.0 Å². The van der Waals surface area contributed by atoms with E-state index in [2.05, 4.69) is 15.6 Å². The molecule has 0 saturated heterocycles. The van der Waals surface area contributed by atoms with Crippen molar-refractivity contribution in [3.05, 3.63) is 23.8 Å². The SMILES string of the molecule is CCOc1ccc(CCNC(=NC)NCCOCCS(C)(=O)=O)cc1OCC.I. The summed E-state index contributed by atoms with van der Waals surface area (Å²) in [7, 11) is -1.28. The minimum atomic E-state index is -2.98. The van der Waals surface area contributed by atoms with Gasteiger partial charge in [-0.15, -0.1) is 24.0 Å². The van der Waals surface area contributed by atoms with E-state index in [-0.39, 0.29) is 36.3 Å². The molecule has 0 aliphatic heterocycles.